The number of hydrogen-bond donors (Lipinski definition) is 2. The predicted octanol–water partition coefficient (Wildman–Crippen LogP) is 4.84. The first kappa shape index (κ1) is 27.7. The largest absolute Gasteiger partial charge is 0.326 e. The van der Waals surface area contributed by atoms with Crippen LogP contribution < -0.4 is 10.6 Å². The molecule has 0 saturated heterocycles. The molecule has 0 unspecified atom stereocenters. The summed E-state index contributed by atoms with van der Waals surface area (Å²) in [6.07, 6.45) is 0. The Labute approximate surface area is 228 Å². The maximum absolute atomic E-state index is 13.4. The summed E-state index contributed by atoms with van der Waals surface area (Å²) in [4.78, 5) is 24.6. The highest BCUT2D eigenvalue weighted by molar-refractivity contribution is 7.89. The quantitative estimate of drug-likeness (QED) is 0.312. The van der Waals surface area contributed by atoms with Crippen LogP contribution in [0.4, 0.5) is 11.5 Å². The van der Waals surface area contributed by atoms with Gasteiger partial charge in [0.1, 0.15) is 5.82 Å². The summed E-state index contributed by atoms with van der Waals surface area (Å²) in [5.41, 5.74) is 3.87. The second-order valence-electron chi connectivity index (χ2n) is 9.43. The maximum Gasteiger partial charge on any atom is 0.243 e. The molecule has 2 N–H and O–H groups in total. The summed E-state index contributed by atoms with van der Waals surface area (Å²) in [7, 11) is -4.00. The van der Waals surface area contributed by atoms with E-state index in [2.05, 4.69) is 10.6 Å². The molecule has 0 saturated carbocycles. The van der Waals surface area contributed by atoms with Crippen molar-refractivity contribution in [1.82, 2.24) is 14.1 Å². The third kappa shape index (κ3) is 6.60. The van der Waals surface area contributed by atoms with Gasteiger partial charge in [-0.3, -0.25) is 9.59 Å². The second-order valence-corrected chi connectivity index (χ2v) is 11.3. The molecule has 4 rings (SSSR count). The number of aryl methyl sites for hydroxylation is 1. The van der Waals surface area contributed by atoms with Crippen molar-refractivity contribution in [2.45, 2.75) is 38.6 Å². The van der Waals surface area contributed by atoms with Crippen LogP contribution in [0.1, 0.15) is 26.3 Å². The number of sulfonamides is 1. The van der Waals surface area contributed by atoms with E-state index in [1.165, 1.54) is 31.2 Å². The molecule has 202 valence electrons. The number of anilines is 2. The Kier molecular flexibility index (Phi) is 8.27. The van der Waals surface area contributed by atoms with Crippen molar-refractivity contribution < 1.29 is 18.0 Å². The van der Waals surface area contributed by atoms with E-state index in [1.807, 2.05) is 61.5 Å². The molecule has 1 heterocycles. The van der Waals surface area contributed by atoms with Gasteiger partial charge in [-0.05, 0) is 57.2 Å². The van der Waals surface area contributed by atoms with Crippen molar-refractivity contribution in [3.63, 3.8) is 0 Å². The number of aromatic nitrogens is 2. The molecule has 0 spiro atoms. The second kappa shape index (κ2) is 11.6. The van der Waals surface area contributed by atoms with E-state index in [0.717, 1.165) is 21.1 Å². The van der Waals surface area contributed by atoms with Crippen molar-refractivity contribution in [2.75, 3.05) is 17.2 Å². The van der Waals surface area contributed by atoms with Gasteiger partial charge in [0, 0.05) is 30.3 Å². The lowest BCUT2D eigenvalue weighted by molar-refractivity contribution is -0.116. The molecule has 1 aromatic heterocycles. The topological polar surface area (TPSA) is 113 Å². The van der Waals surface area contributed by atoms with E-state index >= 15 is 0 Å². The SMILES string of the molecule is CC(=O)Nc1ccc(S(=O)(=O)N(CC(=O)Nc2cc(-c3ccccc3)nn2-c2ccc(C)cc2)C(C)C)cc1. The summed E-state index contributed by atoms with van der Waals surface area (Å²) >= 11 is 0. The fourth-order valence-electron chi connectivity index (χ4n) is 4.02. The molecule has 3 aromatic carbocycles. The zero-order valence-corrected chi connectivity index (χ0v) is 23.1. The van der Waals surface area contributed by atoms with Crippen LogP contribution >= 0.6 is 0 Å². The van der Waals surface area contributed by atoms with E-state index < -0.39 is 28.5 Å². The third-order valence-corrected chi connectivity index (χ3v) is 8.02. The monoisotopic (exact) mass is 545 g/mol. The Morgan fingerprint density at radius 2 is 1.56 bits per heavy atom. The molecule has 0 atom stereocenters. The van der Waals surface area contributed by atoms with Crippen molar-refractivity contribution in [2.24, 2.45) is 0 Å². The minimum atomic E-state index is -4.00. The molecule has 9 nitrogen and oxygen atoms in total. The lowest BCUT2D eigenvalue weighted by Crippen LogP contribution is -2.42. The normalized spacial score (nSPS) is 11.5. The minimum Gasteiger partial charge on any atom is -0.326 e. The molecule has 0 aliphatic carbocycles. The van der Waals surface area contributed by atoms with Gasteiger partial charge in [-0.1, -0.05) is 48.0 Å². The van der Waals surface area contributed by atoms with Crippen LogP contribution in [0.2, 0.25) is 0 Å². The Morgan fingerprint density at radius 3 is 2.15 bits per heavy atom. The van der Waals surface area contributed by atoms with Crippen LogP contribution in [-0.2, 0) is 19.6 Å². The van der Waals surface area contributed by atoms with Gasteiger partial charge in [0.05, 0.1) is 22.8 Å². The number of hydrogen-bond acceptors (Lipinski definition) is 5. The first-order chi connectivity index (χ1) is 18.5. The van der Waals surface area contributed by atoms with Crippen LogP contribution in [-0.4, -0.2) is 46.9 Å². The van der Waals surface area contributed by atoms with E-state index in [-0.39, 0.29) is 10.8 Å². The number of benzene rings is 3. The first-order valence-electron chi connectivity index (χ1n) is 12.5. The average molecular weight is 546 g/mol. The van der Waals surface area contributed by atoms with Gasteiger partial charge in [-0.2, -0.15) is 9.40 Å². The molecule has 0 bridgehead atoms. The molecule has 2 amide bonds. The molecular formula is C29H31N5O4S. The maximum atomic E-state index is 13.4. The van der Waals surface area contributed by atoms with Crippen molar-refractivity contribution in [1.29, 1.82) is 0 Å². The van der Waals surface area contributed by atoms with Crippen molar-refractivity contribution in [3.05, 3.63) is 90.5 Å². The molecular weight excluding hydrogens is 514 g/mol. The standard InChI is InChI=1S/C29H31N5O4S/c1-20(2)33(39(37,38)26-16-12-24(13-17-26)30-22(4)35)19-29(36)31-28-18-27(23-8-6-5-7-9-23)32-34(28)25-14-10-21(3)11-15-25/h5-18,20H,19H2,1-4H3,(H,30,35)(H,31,36). The highest BCUT2D eigenvalue weighted by Crippen LogP contribution is 2.26. The van der Waals surface area contributed by atoms with Crippen LogP contribution in [0.15, 0.2) is 89.8 Å². The smallest absolute Gasteiger partial charge is 0.243 e. The predicted molar refractivity (Wildman–Crippen MR) is 152 cm³/mol. The first-order valence-corrected chi connectivity index (χ1v) is 13.9. The summed E-state index contributed by atoms with van der Waals surface area (Å²) in [5.74, 6) is -0.343. The number of nitrogens with one attached hydrogen (secondary N) is 2. The fraction of sp³-hybridized carbons (Fsp3) is 0.207. The van der Waals surface area contributed by atoms with Crippen LogP contribution in [0.3, 0.4) is 0 Å². The van der Waals surface area contributed by atoms with Gasteiger partial charge in [-0.25, -0.2) is 13.1 Å². The highest BCUT2D eigenvalue weighted by atomic mass is 32.2. The summed E-state index contributed by atoms with van der Waals surface area (Å²) in [6.45, 7) is 6.38. The molecule has 4 aromatic rings. The van der Waals surface area contributed by atoms with E-state index in [9.17, 15) is 18.0 Å². The molecule has 39 heavy (non-hydrogen) atoms. The van der Waals surface area contributed by atoms with Crippen molar-refractivity contribution in [3.8, 4) is 16.9 Å². The molecule has 0 fully saturated rings. The Hall–Kier alpha value is -4.28. The van der Waals surface area contributed by atoms with Crippen LogP contribution in [0, 0.1) is 6.92 Å². The fourth-order valence-corrected chi connectivity index (χ4v) is 5.61. The Balaban J connectivity index is 1.61. The Bertz CT molecular complexity index is 1560. The van der Waals surface area contributed by atoms with Crippen LogP contribution in [0.5, 0.6) is 0 Å². The lowest BCUT2D eigenvalue weighted by atomic mass is 10.1. The highest BCUT2D eigenvalue weighted by Gasteiger charge is 2.29. The summed E-state index contributed by atoms with van der Waals surface area (Å²) in [5, 5.41) is 10.2. The average Bonchev–Trinajstić information content (AvgIpc) is 3.31. The lowest BCUT2D eigenvalue weighted by Gasteiger charge is -2.25. The number of rotatable bonds is 9. The third-order valence-electron chi connectivity index (χ3n) is 5.98. The molecule has 0 aliphatic rings. The van der Waals surface area contributed by atoms with Gasteiger partial charge in [0.15, 0.2) is 0 Å². The van der Waals surface area contributed by atoms with Crippen molar-refractivity contribution >= 4 is 33.3 Å². The molecule has 0 radical (unpaired) electrons. The molecule has 10 heteroatoms. The number of nitrogens with zero attached hydrogens (tertiary/aromatic N) is 3. The van der Waals surface area contributed by atoms with E-state index in [1.54, 1.807) is 24.6 Å². The molecule has 0 aliphatic heterocycles. The van der Waals surface area contributed by atoms with E-state index in [4.69, 9.17) is 5.10 Å². The van der Waals surface area contributed by atoms with Gasteiger partial charge >= 0.3 is 0 Å². The number of carbonyl (C=O) groups is 2. The van der Waals surface area contributed by atoms with Gasteiger partial charge in [0.2, 0.25) is 21.8 Å². The van der Waals surface area contributed by atoms with Gasteiger partial charge < -0.3 is 10.6 Å². The minimum absolute atomic E-state index is 0.0224. The van der Waals surface area contributed by atoms with Gasteiger partial charge in [-0.15, -0.1) is 0 Å². The number of carbonyl (C=O) groups excluding carboxylic acids is 2. The zero-order chi connectivity index (χ0) is 28.2. The Morgan fingerprint density at radius 1 is 0.923 bits per heavy atom. The summed E-state index contributed by atoms with van der Waals surface area (Å²) < 4.78 is 29.7. The summed E-state index contributed by atoms with van der Waals surface area (Å²) in [6, 6.07) is 24.4. The number of amides is 2. The van der Waals surface area contributed by atoms with Gasteiger partial charge in [0.25, 0.3) is 0 Å². The van der Waals surface area contributed by atoms with Crippen LogP contribution in [0.25, 0.3) is 16.9 Å². The zero-order valence-electron chi connectivity index (χ0n) is 22.3. The van der Waals surface area contributed by atoms with E-state index in [0.29, 0.717) is 17.2 Å².